The molecule has 0 unspecified atom stereocenters. The summed E-state index contributed by atoms with van der Waals surface area (Å²) >= 11 is 0. The molecule has 212 valence electrons. The number of oxazole rings is 1. The van der Waals surface area contributed by atoms with Gasteiger partial charge in [-0.3, -0.25) is 14.1 Å². The SMILES string of the molecule is CNC(=O)c1c(-c2ccc(C)cc2)oc2cc(N(C)S(C)(=O)=O)c(-c3cncc(-c4nc5c(F)cccc5o4)c3)cc12. The van der Waals surface area contributed by atoms with E-state index in [-0.39, 0.29) is 22.9 Å². The van der Waals surface area contributed by atoms with Crippen LogP contribution < -0.4 is 9.62 Å². The molecule has 0 aliphatic heterocycles. The number of fused-ring (bicyclic) bond motifs is 2. The standard InChI is InChI=1S/C31H25FN4O5S/c1-17-8-10-18(11-9-17)29-27(30(37)33-2)22-13-21(24(14-26(22)40-29)36(3)42(4,38)39)19-12-20(16-34-15-19)31-35-28-23(32)6-5-7-25(28)41-31/h5-16H,1-4H3,(H,33,37). The van der Waals surface area contributed by atoms with Crippen LogP contribution in [0.1, 0.15) is 15.9 Å². The molecule has 0 radical (unpaired) electrons. The number of nitrogens with one attached hydrogen (secondary N) is 1. The quantitative estimate of drug-likeness (QED) is 0.249. The molecule has 9 nitrogen and oxygen atoms in total. The smallest absolute Gasteiger partial charge is 0.255 e. The van der Waals surface area contributed by atoms with Gasteiger partial charge < -0.3 is 14.2 Å². The van der Waals surface area contributed by atoms with Gasteiger partial charge in [0.15, 0.2) is 11.4 Å². The Morgan fingerprint density at radius 2 is 1.69 bits per heavy atom. The van der Waals surface area contributed by atoms with Crippen molar-refractivity contribution in [3.8, 4) is 33.9 Å². The summed E-state index contributed by atoms with van der Waals surface area (Å²) in [4.78, 5) is 21.8. The highest BCUT2D eigenvalue weighted by molar-refractivity contribution is 7.92. The molecule has 0 aliphatic carbocycles. The highest BCUT2D eigenvalue weighted by Gasteiger charge is 2.26. The maximum absolute atomic E-state index is 14.3. The third-order valence-corrected chi connectivity index (χ3v) is 8.27. The lowest BCUT2D eigenvalue weighted by Crippen LogP contribution is -2.25. The van der Waals surface area contributed by atoms with Crippen LogP contribution in [0.3, 0.4) is 0 Å². The number of carbonyl (C=O) groups is 1. The van der Waals surface area contributed by atoms with Crippen LogP contribution in [0.4, 0.5) is 10.1 Å². The number of hydrogen-bond donors (Lipinski definition) is 1. The second-order valence-corrected chi connectivity index (χ2v) is 11.9. The van der Waals surface area contributed by atoms with Gasteiger partial charge in [-0.1, -0.05) is 35.9 Å². The highest BCUT2D eigenvalue weighted by Crippen LogP contribution is 2.42. The van der Waals surface area contributed by atoms with E-state index >= 15 is 0 Å². The molecule has 11 heteroatoms. The highest BCUT2D eigenvalue weighted by atomic mass is 32.2. The van der Waals surface area contributed by atoms with Gasteiger partial charge in [0.2, 0.25) is 15.9 Å². The van der Waals surface area contributed by atoms with Crippen LogP contribution in [0.25, 0.3) is 56.0 Å². The molecular weight excluding hydrogens is 559 g/mol. The Labute approximate surface area is 240 Å². The van der Waals surface area contributed by atoms with Crippen molar-refractivity contribution in [3.05, 3.63) is 90.0 Å². The summed E-state index contributed by atoms with van der Waals surface area (Å²) in [5, 5.41) is 3.17. The lowest BCUT2D eigenvalue weighted by atomic mass is 9.98. The number of para-hydroxylation sites is 1. The molecule has 6 aromatic rings. The van der Waals surface area contributed by atoms with Crippen LogP contribution in [0, 0.1) is 12.7 Å². The number of amides is 1. The predicted octanol–water partition coefficient (Wildman–Crippen LogP) is 6.17. The molecule has 42 heavy (non-hydrogen) atoms. The first-order valence-electron chi connectivity index (χ1n) is 12.9. The minimum atomic E-state index is -3.70. The fraction of sp³-hybridized carbons (Fsp3) is 0.129. The summed E-state index contributed by atoms with van der Waals surface area (Å²) in [5.41, 5.74) is 4.50. The van der Waals surface area contributed by atoms with E-state index in [1.165, 1.54) is 32.4 Å². The zero-order chi connectivity index (χ0) is 29.8. The first kappa shape index (κ1) is 27.2. The molecule has 6 rings (SSSR count). The number of anilines is 1. The van der Waals surface area contributed by atoms with Crippen molar-refractivity contribution in [1.29, 1.82) is 0 Å². The van der Waals surface area contributed by atoms with Gasteiger partial charge in [-0.25, -0.2) is 17.8 Å². The van der Waals surface area contributed by atoms with Gasteiger partial charge in [0, 0.05) is 54.6 Å². The first-order chi connectivity index (χ1) is 20.0. The summed E-state index contributed by atoms with van der Waals surface area (Å²) in [6, 6.07) is 17.0. The Hall–Kier alpha value is -5.03. The van der Waals surface area contributed by atoms with E-state index in [1.54, 1.807) is 30.5 Å². The molecule has 1 amide bonds. The molecule has 3 heterocycles. The molecule has 1 N–H and O–H groups in total. The number of aromatic nitrogens is 2. The van der Waals surface area contributed by atoms with E-state index in [0.717, 1.165) is 16.1 Å². The van der Waals surface area contributed by atoms with Gasteiger partial charge in [0.05, 0.1) is 23.1 Å². The van der Waals surface area contributed by atoms with E-state index < -0.39 is 15.8 Å². The zero-order valence-corrected chi connectivity index (χ0v) is 23.9. The van der Waals surface area contributed by atoms with Crippen molar-refractivity contribution >= 4 is 43.7 Å². The van der Waals surface area contributed by atoms with Gasteiger partial charge >= 0.3 is 0 Å². The van der Waals surface area contributed by atoms with Crippen molar-refractivity contribution < 1.29 is 26.4 Å². The number of rotatable bonds is 6. The van der Waals surface area contributed by atoms with Crippen LogP contribution in [-0.4, -0.2) is 44.6 Å². The Bertz CT molecular complexity index is 2120. The molecule has 3 aromatic heterocycles. The predicted molar refractivity (Wildman–Crippen MR) is 159 cm³/mol. The molecule has 0 saturated heterocycles. The molecule has 0 bridgehead atoms. The second-order valence-electron chi connectivity index (χ2n) is 9.92. The third-order valence-electron chi connectivity index (χ3n) is 7.08. The van der Waals surface area contributed by atoms with Crippen LogP contribution in [-0.2, 0) is 10.0 Å². The molecule has 0 saturated carbocycles. The normalized spacial score (nSPS) is 11.7. The number of halogens is 1. The molecule has 0 aliphatic rings. The number of hydrogen-bond acceptors (Lipinski definition) is 7. The Morgan fingerprint density at radius 1 is 0.952 bits per heavy atom. The Balaban J connectivity index is 1.60. The number of nitrogens with zero attached hydrogens (tertiary/aromatic N) is 3. The molecule has 0 fully saturated rings. The van der Waals surface area contributed by atoms with Gasteiger partial charge in [0.1, 0.15) is 16.9 Å². The largest absolute Gasteiger partial charge is 0.455 e. The maximum Gasteiger partial charge on any atom is 0.255 e. The fourth-order valence-electron chi connectivity index (χ4n) is 4.80. The van der Waals surface area contributed by atoms with Crippen molar-refractivity contribution in [3.63, 3.8) is 0 Å². The topological polar surface area (TPSA) is 119 Å². The lowest BCUT2D eigenvalue weighted by Gasteiger charge is -2.20. The van der Waals surface area contributed by atoms with Crippen LogP contribution in [0.5, 0.6) is 0 Å². The zero-order valence-electron chi connectivity index (χ0n) is 23.1. The first-order valence-corrected chi connectivity index (χ1v) is 14.7. The number of aryl methyl sites for hydroxylation is 1. The average Bonchev–Trinajstić information content (AvgIpc) is 3.58. The fourth-order valence-corrected chi connectivity index (χ4v) is 5.31. The molecule has 0 spiro atoms. The minimum absolute atomic E-state index is 0.0917. The monoisotopic (exact) mass is 584 g/mol. The Kier molecular flexibility index (Phi) is 6.53. The van der Waals surface area contributed by atoms with Crippen molar-refractivity contribution in [2.45, 2.75) is 6.92 Å². The minimum Gasteiger partial charge on any atom is -0.455 e. The number of sulfonamides is 1. The van der Waals surface area contributed by atoms with Crippen molar-refractivity contribution in [2.24, 2.45) is 0 Å². The second kappa shape index (κ2) is 10.1. The van der Waals surface area contributed by atoms with Gasteiger partial charge in [0.25, 0.3) is 5.91 Å². The summed E-state index contributed by atoms with van der Waals surface area (Å²) in [7, 11) is -0.735. The van der Waals surface area contributed by atoms with E-state index in [4.69, 9.17) is 8.83 Å². The van der Waals surface area contributed by atoms with E-state index in [2.05, 4.69) is 15.3 Å². The van der Waals surface area contributed by atoms with Crippen LogP contribution in [0.2, 0.25) is 0 Å². The lowest BCUT2D eigenvalue weighted by molar-refractivity contribution is 0.0964. The van der Waals surface area contributed by atoms with E-state index in [1.807, 2.05) is 31.2 Å². The van der Waals surface area contributed by atoms with Gasteiger partial charge in [-0.2, -0.15) is 0 Å². The third kappa shape index (κ3) is 4.67. The molecule has 0 atom stereocenters. The summed E-state index contributed by atoms with van der Waals surface area (Å²) < 4.78 is 52.9. The Morgan fingerprint density at radius 3 is 2.38 bits per heavy atom. The molecule has 3 aromatic carbocycles. The van der Waals surface area contributed by atoms with Crippen molar-refractivity contribution in [1.82, 2.24) is 15.3 Å². The van der Waals surface area contributed by atoms with Crippen molar-refractivity contribution in [2.75, 3.05) is 24.7 Å². The van der Waals surface area contributed by atoms with Gasteiger partial charge in [-0.05, 0) is 31.2 Å². The summed E-state index contributed by atoms with van der Waals surface area (Å²) in [6.07, 6.45) is 4.18. The van der Waals surface area contributed by atoms with Crippen LogP contribution >= 0.6 is 0 Å². The summed E-state index contributed by atoms with van der Waals surface area (Å²) in [6.45, 7) is 1.96. The van der Waals surface area contributed by atoms with E-state index in [9.17, 15) is 17.6 Å². The molecular formula is C31H25FN4O5S. The average molecular weight is 585 g/mol. The number of benzene rings is 3. The number of furan rings is 1. The van der Waals surface area contributed by atoms with Crippen LogP contribution in [0.15, 0.2) is 81.9 Å². The maximum atomic E-state index is 14.3. The summed E-state index contributed by atoms with van der Waals surface area (Å²) in [5.74, 6) is -0.366. The number of carbonyl (C=O) groups excluding carboxylic acids is 1. The number of pyridine rings is 1. The van der Waals surface area contributed by atoms with Gasteiger partial charge in [-0.15, -0.1) is 0 Å². The van der Waals surface area contributed by atoms with E-state index in [0.29, 0.717) is 50.2 Å².